The Bertz CT molecular complexity index is 649. The first-order valence-corrected chi connectivity index (χ1v) is 8.15. The minimum Gasteiger partial charge on any atom is -0.433 e. The van der Waals surface area contributed by atoms with Crippen molar-refractivity contribution in [1.29, 1.82) is 0 Å². The van der Waals surface area contributed by atoms with E-state index in [9.17, 15) is 13.6 Å². The molecule has 0 saturated carbocycles. The summed E-state index contributed by atoms with van der Waals surface area (Å²) in [6, 6.07) is 6.09. The summed E-state index contributed by atoms with van der Waals surface area (Å²) in [7, 11) is 0. The van der Waals surface area contributed by atoms with Gasteiger partial charge in [-0.15, -0.1) is 11.3 Å². The highest BCUT2D eigenvalue weighted by atomic mass is 32.2. The molecule has 0 saturated heterocycles. The summed E-state index contributed by atoms with van der Waals surface area (Å²) in [4.78, 5) is 16.4. The van der Waals surface area contributed by atoms with Gasteiger partial charge in [0.25, 0.3) is 0 Å². The Labute approximate surface area is 134 Å². The molecule has 1 N–H and O–H groups in total. The first-order valence-electron chi connectivity index (χ1n) is 6.39. The number of hydrogen-bond donors (Lipinski definition) is 1. The molecule has 1 heterocycles. The summed E-state index contributed by atoms with van der Waals surface area (Å²) < 4.78 is 29.9. The molecule has 0 spiro atoms. The Balaban J connectivity index is 2.02. The van der Waals surface area contributed by atoms with Gasteiger partial charge in [-0.3, -0.25) is 4.79 Å². The van der Waals surface area contributed by atoms with Gasteiger partial charge in [0.15, 0.2) is 4.34 Å². The number of hydrogen-bond acceptors (Lipinski definition) is 5. The maximum absolute atomic E-state index is 12.3. The van der Waals surface area contributed by atoms with Crippen molar-refractivity contribution in [2.75, 3.05) is 5.32 Å². The topological polar surface area (TPSA) is 51.2 Å². The number of thiazole rings is 1. The van der Waals surface area contributed by atoms with Crippen LogP contribution < -0.4 is 10.1 Å². The van der Waals surface area contributed by atoms with Gasteiger partial charge >= 0.3 is 6.61 Å². The molecule has 0 unspecified atom stereocenters. The van der Waals surface area contributed by atoms with E-state index in [2.05, 4.69) is 15.0 Å². The molecule has 1 amide bonds. The summed E-state index contributed by atoms with van der Waals surface area (Å²) in [5, 5.41) is 4.09. The Morgan fingerprint density at radius 2 is 2.14 bits per heavy atom. The van der Waals surface area contributed by atoms with Gasteiger partial charge < -0.3 is 10.1 Å². The van der Waals surface area contributed by atoms with Crippen LogP contribution in [0, 0.1) is 6.92 Å². The number of rotatable bonds is 6. The number of alkyl halides is 2. The fourth-order valence-electron chi connectivity index (χ4n) is 1.59. The van der Waals surface area contributed by atoms with Crippen LogP contribution in [0.15, 0.2) is 34.0 Å². The summed E-state index contributed by atoms with van der Waals surface area (Å²) in [5.41, 5.74) is 1.12. The third-order valence-corrected chi connectivity index (χ3v) is 4.80. The van der Waals surface area contributed by atoms with Crippen molar-refractivity contribution in [3.63, 3.8) is 0 Å². The quantitative estimate of drug-likeness (QED) is 0.799. The summed E-state index contributed by atoms with van der Waals surface area (Å²) in [5.74, 6) is -0.365. The van der Waals surface area contributed by atoms with E-state index < -0.39 is 11.9 Å². The van der Waals surface area contributed by atoms with Gasteiger partial charge in [-0.2, -0.15) is 8.78 Å². The van der Waals surface area contributed by atoms with Crippen molar-refractivity contribution in [2.45, 2.75) is 30.0 Å². The number of aromatic nitrogens is 1. The molecule has 2 rings (SSSR count). The second kappa shape index (κ2) is 7.55. The second-order valence-electron chi connectivity index (χ2n) is 4.38. The standard InChI is InChI=1S/C14H14F2N2O2S2/c1-8-7-21-14(17-8)22-9(2)12(19)18-10-5-3-4-6-11(10)20-13(15)16/h3-7,9,13H,1-2H3,(H,18,19)/t9-/m1/s1. The van der Waals surface area contributed by atoms with Crippen LogP contribution in [0.2, 0.25) is 0 Å². The monoisotopic (exact) mass is 344 g/mol. The number of carbonyl (C=O) groups excluding carboxylic acids is 1. The van der Waals surface area contributed by atoms with Gasteiger partial charge in [0, 0.05) is 11.1 Å². The number of carbonyl (C=O) groups is 1. The molecule has 1 aromatic carbocycles. The van der Waals surface area contributed by atoms with E-state index in [1.807, 2.05) is 12.3 Å². The molecule has 4 nitrogen and oxygen atoms in total. The number of nitrogens with zero attached hydrogens (tertiary/aromatic N) is 1. The molecule has 0 aliphatic rings. The highest BCUT2D eigenvalue weighted by Crippen LogP contribution is 2.29. The van der Waals surface area contributed by atoms with Gasteiger partial charge in [0.05, 0.1) is 10.9 Å². The number of thioether (sulfide) groups is 1. The van der Waals surface area contributed by atoms with Crippen LogP contribution in [0.4, 0.5) is 14.5 Å². The normalized spacial score (nSPS) is 12.2. The third kappa shape index (κ3) is 4.67. The zero-order chi connectivity index (χ0) is 16.1. The highest BCUT2D eigenvalue weighted by molar-refractivity contribution is 8.02. The minimum absolute atomic E-state index is 0.0619. The average Bonchev–Trinajstić information content (AvgIpc) is 2.85. The minimum atomic E-state index is -2.94. The molecule has 0 aliphatic carbocycles. The van der Waals surface area contributed by atoms with Gasteiger partial charge in [0.2, 0.25) is 5.91 Å². The lowest BCUT2D eigenvalue weighted by Crippen LogP contribution is -2.23. The molecule has 118 valence electrons. The lowest BCUT2D eigenvalue weighted by Gasteiger charge is -2.14. The predicted molar refractivity (Wildman–Crippen MR) is 83.9 cm³/mol. The van der Waals surface area contributed by atoms with Crippen molar-refractivity contribution in [3.8, 4) is 5.75 Å². The molecule has 8 heteroatoms. The van der Waals surface area contributed by atoms with Crippen molar-refractivity contribution in [1.82, 2.24) is 4.98 Å². The molecule has 0 aliphatic heterocycles. The fraction of sp³-hybridized carbons (Fsp3) is 0.286. The number of benzene rings is 1. The fourth-order valence-corrected chi connectivity index (χ4v) is 3.58. The van der Waals surface area contributed by atoms with E-state index >= 15 is 0 Å². The Hall–Kier alpha value is -1.67. The van der Waals surface area contributed by atoms with E-state index in [0.29, 0.717) is 0 Å². The lowest BCUT2D eigenvalue weighted by molar-refractivity contribution is -0.115. The lowest BCUT2D eigenvalue weighted by atomic mass is 10.3. The van der Waals surface area contributed by atoms with Crippen molar-refractivity contribution < 1.29 is 18.3 Å². The molecule has 0 bridgehead atoms. The summed E-state index contributed by atoms with van der Waals surface area (Å²) in [6.07, 6.45) is 0. The zero-order valence-electron chi connectivity index (χ0n) is 11.9. The molecule has 0 radical (unpaired) electrons. The molecule has 22 heavy (non-hydrogen) atoms. The van der Waals surface area contributed by atoms with Crippen LogP contribution in [-0.4, -0.2) is 22.8 Å². The number of nitrogens with one attached hydrogen (secondary N) is 1. The molecular weight excluding hydrogens is 330 g/mol. The zero-order valence-corrected chi connectivity index (χ0v) is 13.5. The highest BCUT2D eigenvalue weighted by Gasteiger charge is 2.18. The third-order valence-electron chi connectivity index (χ3n) is 2.61. The van der Waals surface area contributed by atoms with Crippen LogP contribution in [0.25, 0.3) is 0 Å². The molecule has 1 aromatic heterocycles. The van der Waals surface area contributed by atoms with E-state index in [0.717, 1.165) is 10.0 Å². The van der Waals surface area contributed by atoms with E-state index in [1.54, 1.807) is 19.1 Å². The van der Waals surface area contributed by atoms with E-state index in [-0.39, 0.29) is 17.3 Å². The van der Waals surface area contributed by atoms with Gasteiger partial charge in [-0.05, 0) is 26.0 Å². The number of ether oxygens (including phenoxy) is 1. The molecule has 1 atom stereocenters. The Morgan fingerprint density at radius 1 is 1.41 bits per heavy atom. The van der Waals surface area contributed by atoms with Crippen molar-refractivity contribution >= 4 is 34.7 Å². The number of aryl methyl sites for hydroxylation is 1. The van der Waals surface area contributed by atoms with Crippen molar-refractivity contribution in [3.05, 3.63) is 35.3 Å². The molecular formula is C14H14F2N2O2S2. The van der Waals surface area contributed by atoms with E-state index in [1.165, 1.54) is 35.2 Å². The molecule has 2 aromatic rings. The number of amides is 1. The maximum atomic E-state index is 12.3. The van der Waals surface area contributed by atoms with Gasteiger partial charge in [0.1, 0.15) is 5.75 Å². The smallest absolute Gasteiger partial charge is 0.387 e. The van der Waals surface area contributed by atoms with Crippen LogP contribution in [0.1, 0.15) is 12.6 Å². The SMILES string of the molecule is Cc1csc(S[C@H](C)C(=O)Nc2ccccc2OC(F)F)n1. The number of anilines is 1. The van der Waals surface area contributed by atoms with E-state index in [4.69, 9.17) is 0 Å². The summed E-state index contributed by atoms with van der Waals surface area (Å²) >= 11 is 2.78. The second-order valence-corrected chi connectivity index (χ2v) is 6.82. The van der Waals surface area contributed by atoms with Crippen molar-refractivity contribution in [2.24, 2.45) is 0 Å². The van der Waals surface area contributed by atoms with Crippen LogP contribution in [0.3, 0.4) is 0 Å². The maximum Gasteiger partial charge on any atom is 0.387 e. The van der Waals surface area contributed by atoms with Crippen LogP contribution in [-0.2, 0) is 4.79 Å². The molecule has 0 fully saturated rings. The average molecular weight is 344 g/mol. The van der Waals surface area contributed by atoms with Crippen LogP contribution >= 0.6 is 23.1 Å². The van der Waals surface area contributed by atoms with Crippen LogP contribution in [0.5, 0.6) is 5.75 Å². The Kier molecular flexibility index (Phi) is 5.73. The number of halogens is 2. The summed E-state index contributed by atoms with van der Waals surface area (Å²) in [6.45, 7) is 0.666. The largest absolute Gasteiger partial charge is 0.433 e. The van der Waals surface area contributed by atoms with Gasteiger partial charge in [-0.25, -0.2) is 4.98 Å². The number of para-hydroxylation sites is 2. The predicted octanol–water partition coefficient (Wildman–Crippen LogP) is 4.17. The first-order chi connectivity index (χ1) is 10.5. The first kappa shape index (κ1) is 16.7. The Morgan fingerprint density at radius 3 is 2.77 bits per heavy atom. The van der Waals surface area contributed by atoms with Gasteiger partial charge in [-0.1, -0.05) is 23.9 Å².